The quantitative estimate of drug-likeness (QED) is 0.709. The minimum Gasteiger partial charge on any atom is -0.348 e. The van der Waals surface area contributed by atoms with E-state index in [1.54, 1.807) is 6.33 Å². The van der Waals surface area contributed by atoms with Crippen molar-refractivity contribution in [1.82, 2.24) is 24.7 Å². The number of fused-ring (bicyclic) bond motifs is 1. The zero-order valence-electron chi connectivity index (χ0n) is 9.38. The monoisotopic (exact) mass is 228 g/mol. The fraction of sp³-hybridized carbons (Fsp3) is 0.182. The van der Waals surface area contributed by atoms with Gasteiger partial charge in [-0.2, -0.15) is 0 Å². The van der Waals surface area contributed by atoms with Crippen LogP contribution in [0.4, 0.5) is 5.95 Å². The van der Waals surface area contributed by atoms with Crippen LogP contribution in [0.5, 0.6) is 0 Å². The number of rotatable bonds is 3. The van der Waals surface area contributed by atoms with E-state index in [2.05, 4.69) is 25.5 Å². The van der Waals surface area contributed by atoms with Crippen LogP contribution in [-0.2, 0) is 13.6 Å². The number of para-hydroxylation sites is 2. The van der Waals surface area contributed by atoms with Crippen molar-refractivity contribution in [3.05, 3.63) is 36.4 Å². The summed E-state index contributed by atoms with van der Waals surface area (Å²) < 4.78 is 1.87. The lowest BCUT2D eigenvalue weighted by molar-refractivity contribution is 0.809. The third-order valence-corrected chi connectivity index (χ3v) is 2.61. The van der Waals surface area contributed by atoms with Crippen molar-refractivity contribution in [1.29, 1.82) is 0 Å². The van der Waals surface area contributed by atoms with E-state index in [1.807, 2.05) is 35.9 Å². The molecule has 0 unspecified atom stereocenters. The molecule has 1 aromatic carbocycles. The Hall–Kier alpha value is -2.37. The first kappa shape index (κ1) is 9.83. The normalized spacial score (nSPS) is 10.9. The molecule has 2 aromatic heterocycles. The molecule has 0 saturated heterocycles. The van der Waals surface area contributed by atoms with Crippen LogP contribution >= 0.6 is 0 Å². The third kappa shape index (κ3) is 1.84. The Kier molecular flexibility index (Phi) is 2.25. The van der Waals surface area contributed by atoms with Crippen LogP contribution in [0, 0.1) is 0 Å². The van der Waals surface area contributed by atoms with Gasteiger partial charge in [0.05, 0.1) is 17.6 Å². The molecule has 0 saturated carbocycles. The van der Waals surface area contributed by atoms with Crippen LogP contribution in [0.2, 0.25) is 0 Å². The van der Waals surface area contributed by atoms with E-state index in [0.29, 0.717) is 6.54 Å². The standard InChI is InChI=1S/C11H12N6/c1-17-7-13-16-10(17)6-12-11-14-8-4-2-3-5-9(8)15-11/h2-5,7H,6H2,1H3,(H2,12,14,15). The van der Waals surface area contributed by atoms with Crippen LogP contribution in [0.3, 0.4) is 0 Å². The van der Waals surface area contributed by atoms with E-state index in [4.69, 9.17) is 0 Å². The van der Waals surface area contributed by atoms with Crippen molar-refractivity contribution in [2.45, 2.75) is 6.54 Å². The van der Waals surface area contributed by atoms with Gasteiger partial charge in [-0.3, -0.25) is 0 Å². The average Bonchev–Trinajstić information content (AvgIpc) is 2.92. The molecule has 2 heterocycles. The van der Waals surface area contributed by atoms with E-state index in [-0.39, 0.29) is 0 Å². The van der Waals surface area contributed by atoms with E-state index in [9.17, 15) is 0 Å². The molecule has 0 amide bonds. The van der Waals surface area contributed by atoms with E-state index >= 15 is 0 Å². The zero-order chi connectivity index (χ0) is 11.7. The minimum atomic E-state index is 0.594. The van der Waals surface area contributed by atoms with E-state index in [0.717, 1.165) is 22.8 Å². The fourth-order valence-electron chi connectivity index (χ4n) is 1.67. The lowest BCUT2D eigenvalue weighted by atomic mass is 10.3. The number of nitrogens with zero attached hydrogens (tertiary/aromatic N) is 4. The molecule has 0 spiro atoms. The van der Waals surface area contributed by atoms with Crippen LogP contribution < -0.4 is 5.32 Å². The number of aromatic amines is 1. The van der Waals surface area contributed by atoms with Crippen molar-refractivity contribution in [3.63, 3.8) is 0 Å². The van der Waals surface area contributed by atoms with E-state index in [1.165, 1.54) is 0 Å². The summed E-state index contributed by atoms with van der Waals surface area (Å²) in [5, 5.41) is 11.0. The SMILES string of the molecule is Cn1cnnc1CNc1nc2ccccc2[nH]1. The Balaban J connectivity index is 1.79. The number of aryl methyl sites for hydroxylation is 1. The van der Waals surface area contributed by atoms with Crippen LogP contribution in [-0.4, -0.2) is 24.7 Å². The molecule has 3 aromatic rings. The largest absolute Gasteiger partial charge is 0.348 e. The molecule has 0 radical (unpaired) electrons. The number of nitrogens with one attached hydrogen (secondary N) is 2. The molecule has 6 heteroatoms. The highest BCUT2D eigenvalue weighted by atomic mass is 15.3. The summed E-state index contributed by atoms with van der Waals surface area (Å²) in [5.41, 5.74) is 1.97. The summed E-state index contributed by atoms with van der Waals surface area (Å²) in [6.45, 7) is 0.594. The second kappa shape index (κ2) is 3.89. The molecular formula is C11H12N6. The molecule has 86 valence electrons. The zero-order valence-corrected chi connectivity index (χ0v) is 9.38. The molecule has 0 aliphatic rings. The summed E-state index contributed by atoms with van der Waals surface area (Å²) in [5.74, 6) is 1.61. The van der Waals surface area contributed by atoms with E-state index < -0.39 is 0 Å². The number of H-pyrrole nitrogens is 1. The maximum atomic E-state index is 4.42. The number of anilines is 1. The van der Waals surface area contributed by atoms with Crippen molar-refractivity contribution in [2.75, 3.05) is 5.32 Å². The van der Waals surface area contributed by atoms with Gasteiger partial charge in [0.25, 0.3) is 0 Å². The Morgan fingerprint density at radius 1 is 1.35 bits per heavy atom. The first-order chi connectivity index (χ1) is 8.33. The van der Waals surface area contributed by atoms with Gasteiger partial charge >= 0.3 is 0 Å². The topological polar surface area (TPSA) is 71.4 Å². The second-order valence-electron chi connectivity index (χ2n) is 3.81. The number of imidazole rings is 1. The highest BCUT2D eigenvalue weighted by Crippen LogP contribution is 2.13. The number of aromatic nitrogens is 5. The molecule has 0 bridgehead atoms. The van der Waals surface area contributed by atoms with Crippen molar-refractivity contribution in [3.8, 4) is 0 Å². The molecule has 3 rings (SSSR count). The van der Waals surface area contributed by atoms with Gasteiger partial charge in [-0.1, -0.05) is 12.1 Å². The number of hydrogen-bond donors (Lipinski definition) is 2. The molecular weight excluding hydrogens is 216 g/mol. The summed E-state index contributed by atoms with van der Waals surface area (Å²) in [7, 11) is 1.91. The Morgan fingerprint density at radius 3 is 3.00 bits per heavy atom. The molecule has 0 aliphatic heterocycles. The Labute approximate surface area is 97.7 Å². The summed E-state index contributed by atoms with van der Waals surface area (Å²) in [4.78, 5) is 7.62. The molecule has 0 fully saturated rings. The van der Waals surface area contributed by atoms with Gasteiger partial charge in [0.1, 0.15) is 6.33 Å². The lowest BCUT2D eigenvalue weighted by Gasteiger charge is -2.01. The predicted molar refractivity (Wildman–Crippen MR) is 64.4 cm³/mol. The molecule has 2 N–H and O–H groups in total. The van der Waals surface area contributed by atoms with Crippen LogP contribution in [0.25, 0.3) is 11.0 Å². The number of hydrogen-bond acceptors (Lipinski definition) is 4. The summed E-state index contributed by atoms with van der Waals surface area (Å²) in [6, 6.07) is 7.91. The first-order valence-corrected chi connectivity index (χ1v) is 5.34. The Morgan fingerprint density at radius 2 is 2.24 bits per heavy atom. The van der Waals surface area contributed by atoms with Crippen molar-refractivity contribution >= 4 is 17.0 Å². The third-order valence-electron chi connectivity index (χ3n) is 2.61. The minimum absolute atomic E-state index is 0.594. The fourth-order valence-corrected chi connectivity index (χ4v) is 1.67. The molecule has 17 heavy (non-hydrogen) atoms. The van der Waals surface area contributed by atoms with Crippen LogP contribution in [0.15, 0.2) is 30.6 Å². The molecule has 0 aliphatic carbocycles. The highest BCUT2D eigenvalue weighted by Gasteiger charge is 2.03. The molecule has 0 atom stereocenters. The number of benzene rings is 1. The maximum Gasteiger partial charge on any atom is 0.201 e. The van der Waals surface area contributed by atoms with Gasteiger partial charge in [-0.15, -0.1) is 10.2 Å². The van der Waals surface area contributed by atoms with Gasteiger partial charge in [0.15, 0.2) is 5.82 Å². The predicted octanol–water partition coefficient (Wildman–Crippen LogP) is 1.30. The summed E-state index contributed by atoms with van der Waals surface area (Å²) >= 11 is 0. The smallest absolute Gasteiger partial charge is 0.201 e. The van der Waals surface area contributed by atoms with Gasteiger partial charge in [0.2, 0.25) is 5.95 Å². The Bertz CT molecular complexity index is 605. The lowest BCUT2D eigenvalue weighted by Crippen LogP contribution is -2.06. The first-order valence-electron chi connectivity index (χ1n) is 5.34. The summed E-state index contributed by atoms with van der Waals surface area (Å²) in [6.07, 6.45) is 1.68. The molecule has 6 nitrogen and oxygen atoms in total. The van der Waals surface area contributed by atoms with Gasteiger partial charge < -0.3 is 14.9 Å². The second-order valence-corrected chi connectivity index (χ2v) is 3.81. The van der Waals surface area contributed by atoms with Crippen LogP contribution in [0.1, 0.15) is 5.82 Å². The highest BCUT2D eigenvalue weighted by molar-refractivity contribution is 5.77. The average molecular weight is 228 g/mol. The maximum absolute atomic E-state index is 4.42. The van der Waals surface area contributed by atoms with Crippen molar-refractivity contribution < 1.29 is 0 Å². The van der Waals surface area contributed by atoms with Crippen molar-refractivity contribution in [2.24, 2.45) is 7.05 Å². The van der Waals surface area contributed by atoms with Gasteiger partial charge in [-0.05, 0) is 12.1 Å². The van der Waals surface area contributed by atoms with Gasteiger partial charge in [-0.25, -0.2) is 4.98 Å². The van der Waals surface area contributed by atoms with Gasteiger partial charge in [0, 0.05) is 7.05 Å².